The van der Waals surface area contributed by atoms with Gasteiger partial charge in [-0.1, -0.05) is 83.1 Å². The van der Waals surface area contributed by atoms with Gasteiger partial charge in [0.05, 0.1) is 0 Å². The number of rotatable bonds is 18. The predicted octanol–water partition coefficient (Wildman–Crippen LogP) is 6.45. The summed E-state index contributed by atoms with van der Waals surface area (Å²) < 4.78 is 0. The monoisotopic (exact) mass is 364 g/mol. The van der Waals surface area contributed by atoms with Crippen LogP contribution in [0.15, 0.2) is 25.1 Å². The first-order valence-corrected chi connectivity index (χ1v) is 11.2. The number of hydrogen-bond acceptors (Lipinski definition) is 3. The maximum atomic E-state index is 9.69. The molecule has 1 aliphatic rings. The van der Waals surface area contributed by atoms with Crippen molar-refractivity contribution in [2.75, 3.05) is 0 Å². The Kier molecular flexibility index (Phi) is 14.4. The maximum absolute atomic E-state index is 9.69. The molecule has 0 saturated carbocycles. The molecule has 26 heavy (non-hydrogen) atoms. The van der Waals surface area contributed by atoms with Gasteiger partial charge in [0.1, 0.15) is 12.4 Å². The van der Waals surface area contributed by atoms with Crippen LogP contribution in [0.5, 0.6) is 0 Å². The van der Waals surface area contributed by atoms with Gasteiger partial charge in [0.2, 0.25) is 0 Å². The van der Waals surface area contributed by atoms with Gasteiger partial charge in [0, 0.05) is 12.4 Å². The second-order valence-corrected chi connectivity index (χ2v) is 7.89. The molecule has 2 atom stereocenters. The van der Waals surface area contributed by atoms with Crippen molar-refractivity contribution in [2.24, 2.45) is 0 Å². The molecule has 2 unspecified atom stereocenters. The highest BCUT2D eigenvalue weighted by atomic mass is 16.3. The highest BCUT2D eigenvalue weighted by Crippen LogP contribution is 2.17. The second kappa shape index (κ2) is 16.2. The van der Waals surface area contributed by atoms with Crippen LogP contribution < -0.4 is 5.32 Å². The lowest BCUT2D eigenvalue weighted by molar-refractivity contribution is 0.0254. The van der Waals surface area contributed by atoms with Crippen LogP contribution in [-0.2, 0) is 0 Å². The molecule has 0 aromatic heterocycles. The van der Waals surface area contributed by atoms with Gasteiger partial charge < -0.3 is 15.3 Å². The number of nitrogens with zero attached hydrogens (tertiary/aromatic N) is 1. The van der Waals surface area contributed by atoms with Crippen molar-refractivity contribution in [3.05, 3.63) is 25.1 Å². The number of hydrogen-bond donors (Lipinski definition) is 2. The summed E-state index contributed by atoms with van der Waals surface area (Å²) in [5, 5.41) is 13.0. The van der Waals surface area contributed by atoms with E-state index in [4.69, 9.17) is 0 Å². The van der Waals surface area contributed by atoms with Gasteiger partial charge in [-0.25, -0.2) is 0 Å². The first kappa shape index (κ1) is 23.1. The number of aliphatic hydroxyl groups excluding tert-OH is 1. The highest BCUT2D eigenvalue weighted by molar-refractivity contribution is 4.94. The van der Waals surface area contributed by atoms with Crippen molar-refractivity contribution in [3.8, 4) is 0 Å². The van der Waals surface area contributed by atoms with Gasteiger partial charge in [-0.2, -0.15) is 0 Å². The first-order valence-electron chi connectivity index (χ1n) is 11.2. The van der Waals surface area contributed by atoms with E-state index in [-0.39, 0.29) is 6.17 Å². The predicted molar refractivity (Wildman–Crippen MR) is 114 cm³/mol. The Morgan fingerprint density at radius 2 is 1.35 bits per heavy atom. The van der Waals surface area contributed by atoms with E-state index in [1.807, 2.05) is 30.3 Å². The molecular weight excluding hydrogens is 320 g/mol. The molecule has 0 bridgehead atoms. The van der Waals surface area contributed by atoms with E-state index in [0.29, 0.717) is 0 Å². The Bertz CT molecular complexity index is 354. The van der Waals surface area contributed by atoms with E-state index in [9.17, 15) is 5.11 Å². The van der Waals surface area contributed by atoms with E-state index in [0.717, 1.165) is 6.42 Å². The molecule has 0 aromatic rings. The average molecular weight is 365 g/mol. The molecule has 0 amide bonds. The molecule has 1 rings (SSSR count). The van der Waals surface area contributed by atoms with E-state index in [1.54, 1.807) is 0 Å². The van der Waals surface area contributed by atoms with Gasteiger partial charge in [-0.05, 0) is 32.6 Å². The smallest absolute Gasteiger partial charge is 0.125 e. The van der Waals surface area contributed by atoms with E-state index >= 15 is 0 Å². The van der Waals surface area contributed by atoms with Crippen molar-refractivity contribution in [3.63, 3.8) is 0 Å². The number of aliphatic hydroxyl groups is 1. The van der Waals surface area contributed by atoms with Gasteiger partial charge >= 0.3 is 0 Å². The third-order valence-electron chi connectivity index (χ3n) is 5.46. The Balaban J connectivity index is 1.75. The topological polar surface area (TPSA) is 35.5 Å². The Morgan fingerprint density at radius 3 is 1.81 bits per heavy atom. The lowest BCUT2D eigenvalue weighted by atomic mass is 10.0. The van der Waals surface area contributed by atoms with Crippen LogP contribution in [-0.4, -0.2) is 22.4 Å². The standard InChI is InChI=1S/C23H44N2O/c1-3-4-5-6-7-8-9-10-11-12-13-14-15-16-17-18-19-23-24-20-21-25(23)22(2)26/h3,20-24,26H,1,4-19H2,2H3. The second-order valence-electron chi connectivity index (χ2n) is 7.89. The zero-order chi connectivity index (χ0) is 18.9. The van der Waals surface area contributed by atoms with Crippen LogP contribution in [0.3, 0.4) is 0 Å². The molecule has 0 aliphatic carbocycles. The zero-order valence-electron chi connectivity index (χ0n) is 17.3. The van der Waals surface area contributed by atoms with Crippen LogP contribution >= 0.6 is 0 Å². The SMILES string of the molecule is C=CCCCCCCCCCCCCCCCCC1NC=CN1C(C)O. The third-order valence-corrected chi connectivity index (χ3v) is 5.46. The summed E-state index contributed by atoms with van der Waals surface area (Å²) in [5.74, 6) is 0. The molecule has 0 aromatic carbocycles. The van der Waals surface area contributed by atoms with Crippen LogP contribution in [0.4, 0.5) is 0 Å². The molecule has 0 fully saturated rings. The minimum absolute atomic E-state index is 0.289. The van der Waals surface area contributed by atoms with Crippen LogP contribution in [0.1, 0.15) is 110 Å². The highest BCUT2D eigenvalue weighted by Gasteiger charge is 2.20. The summed E-state index contributed by atoms with van der Waals surface area (Å²) >= 11 is 0. The quantitative estimate of drug-likeness (QED) is 0.216. The van der Waals surface area contributed by atoms with Gasteiger partial charge in [-0.15, -0.1) is 6.58 Å². The molecule has 1 aliphatic heterocycles. The molecule has 2 N–H and O–H groups in total. The summed E-state index contributed by atoms with van der Waals surface area (Å²) in [4.78, 5) is 2.00. The summed E-state index contributed by atoms with van der Waals surface area (Å²) in [6.45, 7) is 5.60. The molecule has 3 heteroatoms. The third kappa shape index (κ3) is 11.6. The number of unbranched alkanes of at least 4 members (excludes halogenated alkanes) is 14. The van der Waals surface area contributed by atoms with Crippen molar-refractivity contribution in [2.45, 2.75) is 122 Å². The van der Waals surface area contributed by atoms with Gasteiger partial charge in [0.15, 0.2) is 0 Å². The van der Waals surface area contributed by atoms with Crippen molar-refractivity contribution in [1.82, 2.24) is 10.2 Å². The molecular formula is C23H44N2O. The Labute approximate surface area is 162 Å². The zero-order valence-corrected chi connectivity index (χ0v) is 17.3. The fourth-order valence-electron chi connectivity index (χ4n) is 3.80. The molecule has 1 heterocycles. The maximum Gasteiger partial charge on any atom is 0.125 e. The van der Waals surface area contributed by atoms with Crippen LogP contribution in [0.2, 0.25) is 0 Å². The lowest BCUT2D eigenvalue weighted by Crippen LogP contribution is -2.40. The average Bonchev–Trinajstić information content (AvgIpc) is 3.10. The molecule has 3 nitrogen and oxygen atoms in total. The van der Waals surface area contributed by atoms with Gasteiger partial charge in [-0.3, -0.25) is 0 Å². The van der Waals surface area contributed by atoms with Gasteiger partial charge in [0.25, 0.3) is 0 Å². The lowest BCUT2D eigenvalue weighted by Gasteiger charge is -2.28. The largest absolute Gasteiger partial charge is 0.374 e. The Hall–Kier alpha value is -0.960. The minimum atomic E-state index is -0.400. The van der Waals surface area contributed by atoms with Crippen molar-refractivity contribution < 1.29 is 5.11 Å². The van der Waals surface area contributed by atoms with Crippen LogP contribution in [0, 0.1) is 0 Å². The fraction of sp³-hybridized carbons (Fsp3) is 0.826. The minimum Gasteiger partial charge on any atom is -0.374 e. The Morgan fingerprint density at radius 1 is 0.885 bits per heavy atom. The number of nitrogens with one attached hydrogen (secondary N) is 1. The van der Waals surface area contributed by atoms with Crippen molar-refractivity contribution >= 4 is 0 Å². The number of allylic oxidation sites excluding steroid dienone is 1. The summed E-state index contributed by atoms with van der Waals surface area (Å²) in [6, 6.07) is 0. The molecule has 152 valence electrons. The van der Waals surface area contributed by atoms with E-state index in [1.165, 1.54) is 96.3 Å². The molecule has 0 saturated heterocycles. The summed E-state index contributed by atoms with van der Waals surface area (Å²) in [5.41, 5.74) is 0. The summed E-state index contributed by atoms with van der Waals surface area (Å²) in [6.07, 6.45) is 27.6. The van der Waals surface area contributed by atoms with Crippen LogP contribution in [0.25, 0.3) is 0 Å². The fourth-order valence-corrected chi connectivity index (χ4v) is 3.80. The van der Waals surface area contributed by atoms with E-state index in [2.05, 4.69) is 11.9 Å². The van der Waals surface area contributed by atoms with E-state index < -0.39 is 6.23 Å². The summed E-state index contributed by atoms with van der Waals surface area (Å²) in [7, 11) is 0. The first-order chi connectivity index (χ1) is 12.8. The molecule has 0 radical (unpaired) electrons. The molecule has 0 spiro atoms. The normalized spacial score (nSPS) is 17.5. The van der Waals surface area contributed by atoms with Crippen molar-refractivity contribution in [1.29, 1.82) is 0 Å².